The Morgan fingerprint density at radius 1 is 0.812 bits per heavy atom. The number of halogens is 2. The molecule has 0 fully saturated rings. The van der Waals surface area contributed by atoms with Gasteiger partial charge in [-0.05, 0) is 31.7 Å². The van der Waals surface area contributed by atoms with Crippen LogP contribution in [0.5, 0.6) is 0 Å². The molecule has 93 valence electrons. The van der Waals surface area contributed by atoms with E-state index in [1.807, 2.05) is 6.08 Å². The lowest BCUT2D eigenvalue weighted by Crippen LogP contribution is -1.86. The fourth-order valence-corrected chi connectivity index (χ4v) is 2.43. The summed E-state index contributed by atoms with van der Waals surface area (Å²) in [5, 5.41) is 0. The van der Waals surface area contributed by atoms with Gasteiger partial charge in [0.05, 0.1) is 0 Å². The van der Waals surface area contributed by atoms with Crippen LogP contribution >= 0.6 is 22.2 Å². The normalized spacial score (nSPS) is 11.4. The molecule has 0 N–H and O–H groups in total. The molecule has 0 aromatic rings. The fraction of sp³-hybridized carbons (Fsp3) is 0.692. The van der Waals surface area contributed by atoms with Crippen molar-refractivity contribution in [1.82, 2.24) is 0 Å². The van der Waals surface area contributed by atoms with Crippen LogP contribution in [0.4, 0.5) is 0 Å². The van der Waals surface area contributed by atoms with Crippen molar-refractivity contribution in [1.29, 1.82) is 0 Å². The average molecular weight is 278 g/mol. The molecule has 0 bridgehead atoms. The molecule has 0 saturated heterocycles. The second-order valence-corrected chi connectivity index (χ2v) is 8.41. The molecule has 0 saturated carbocycles. The Labute approximate surface area is 112 Å². The zero-order chi connectivity index (χ0) is 12.1. The Kier molecular flexibility index (Phi) is 13.6. The van der Waals surface area contributed by atoms with Crippen LogP contribution in [-0.2, 0) is 0 Å². The smallest absolute Gasteiger partial charge is 0.146 e. The van der Waals surface area contributed by atoms with Crippen molar-refractivity contribution < 1.29 is 0 Å². The van der Waals surface area contributed by atoms with E-state index in [-0.39, 0.29) is 0 Å². The molecule has 0 rings (SSSR count). The Balaban J connectivity index is 3.03. The molecule has 1 radical (unpaired) electrons. The second kappa shape index (κ2) is 13.3. The topological polar surface area (TPSA) is 0 Å². The lowest BCUT2D eigenvalue weighted by molar-refractivity contribution is 0.600. The molecule has 0 aliphatic rings. The first kappa shape index (κ1) is 16.3. The minimum atomic E-state index is -1.09. The lowest BCUT2D eigenvalue weighted by atomic mass is 10.1. The van der Waals surface area contributed by atoms with Gasteiger partial charge in [-0.25, -0.2) is 0 Å². The van der Waals surface area contributed by atoms with E-state index in [1.54, 1.807) is 0 Å². The van der Waals surface area contributed by atoms with Crippen LogP contribution in [0.25, 0.3) is 0 Å². The van der Waals surface area contributed by atoms with Gasteiger partial charge in [0.15, 0.2) is 0 Å². The third-order valence-corrected chi connectivity index (χ3v) is 3.94. The summed E-state index contributed by atoms with van der Waals surface area (Å²) in [5.74, 6) is 0. The number of hydrogen-bond acceptors (Lipinski definition) is 0. The highest BCUT2D eigenvalue weighted by Crippen LogP contribution is 2.10. The predicted octanol–water partition coefficient (Wildman–Crippen LogP) is 5.82. The van der Waals surface area contributed by atoms with Crippen molar-refractivity contribution in [2.45, 2.75) is 57.4 Å². The summed E-state index contributed by atoms with van der Waals surface area (Å²) >= 11 is 11.4. The van der Waals surface area contributed by atoms with Crippen LogP contribution in [0.2, 0.25) is 6.04 Å². The maximum Gasteiger partial charge on any atom is 0.277 e. The summed E-state index contributed by atoms with van der Waals surface area (Å²) in [4.78, 5) is 0. The number of allylic oxidation sites excluding steroid dienone is 3. The molecule has 0 atom stereocenters. The van der Waals surface area contributed by atoms with E-state index < -0.39 is 7.42 Å². The highest BCUT2D eigenvalue weighted by molar-refractivity contribution is 7.33. The van der Waals surface area contributed by atoms with E-state index in [0.29, 0.717) is 0 Å². The van der Waals surface area contributed by atoms with Gasteiger partial charge < -0.3 is 0 Å². The van der Waals surface area contributed by atoms with Gasteiger partial charge in [0.25, 0.3) is 7.42 Å². The van der Waals surface area contributed by atoms with Gasteiger partial charge in [0.2, 0.25) is 0 Å². The van der Waals surface area contributed by atoms with Gasteiger partial charge in [-0.15, -0.1) is 28.7 Å². The summed E-state index contributed by atoms with van der Waals surface area (Å²) in [7, 11) is -1.09. The van der Waals surface area contributed by atoms with Gasteiger partial charge in [-0.1, -0.05) is 43.9 Å². The van der Waals surface area contributed by atoms with E-state index in [4.69, 9.17) is 22.2 Å². The van der Waals surface area contributed by atoms with Crippen molar-refractivity contribution in [3.8, 4) is 0 Å². The van der Waals surface area contributed by atoms with Crippen molar-refractivity contribution in [3.63, 3.8) is 0 Å². The molecule has 0 heterocycles. The van der Waals surface area contributed by atoms with E-state index in [9.17, 15) is 0 Å². The maximum atomic E-state index is 5.71. The highest BCUT2D eigenvalue weighted by Gasteiger charge is 1.97. The summed E-state index contributed by atoms with van der Waals surface area (Å²) in [5.41, 5.74) is 0. The van der Waals surface area contributed by atoms with Crippen LogP contribution in [0.3, 0.4) is 0 Å². The fourth-order valence-electron chi connectivity index (χ4n) is 1.55. The quantitative estimate of drug-likeness (QED) is 0.193. The molecule has 0 aliphatic carbocycles. The summed E-state index contributed by atoms with van der Waals surface area (Å²) in [6, 6.07) is 0.870. The zero-order valence-electron chi connectivity index (χ0n) is 10.1. The molecule has 0 aromatic carbocycles. The van der Waals surface area contributed by atoms with Crippen LogP contribution in [0.1, 0.15) is 51.4 Å². The van der Waals surface area contributed by atoms with Gasteiger partial charge >= 0.3 is 0 Å². The molecular weight excluding hydrogens is 255 g/mol. The molecule has 0 aliphatic heterocycles. The van der Waals surface area contributed by atoms with E-state index in [1.165, 1.54) is 51.4 Å². The van der Waals surface area contributed by atoms with Gasteiger partial charge in [-0.2, -0.15) is 0 Å². The highest BCUT2D eigenvalue weighted by atomic mass is 35.7. The first-order chi connectivity index (χ1) is 7.77. The molecule has 0 nitrogen and oxygen atoms in total. The Morgan fingerprint density at radius 3 is 1.94 bits per heavy atom. The summed E-state index contributed by atoms with van der Waals surface area (Å²) < 4.78 is 0. The standard InChI is InChI=1S/C13H23Cl2Si/c1-2-3-4-5-6-7-8-9-10-11-12-13-16(14)15/h2,11-12H,1,3-10,13H2. The van der Waals surface area contributed by atoms with Crippen molar-refractivity contribution >= 4 is 29.6 Å². The molecule has 0 unspecified atom stereocenters. The monoisotopic (exact) mass is 277 g/mol. The van der Waals surface area contributed by atoms with E-state index in [0.717, 1.165) is 6.04 Å². The third-order valence-electron chi connectivity index (χ3n) is 2.47. The minimum absolute atomic E-state index is 0.870. The second-order valence-electron chi connectivity index (χ2n) is 4.00. The molecular formula is C13H23Cl2Si. The van der Waals surface area contributed by atoms with E-state index in [2.05, 4.69) is 18.7 Å². The van der Waals surface area contributed by atoms with Crippen LogP contribution in [-0.4, -0.2) is 7.42 Å². The minimum Gasteiger partial charge on any atom is -0.146 e. The van der Waals surface area contributed by atoms with Gasteiger partial charge in [0, 0.05) is 0 Å². The Morgan fingerprint density at radius 2 is 1.38 bits per heavy atom. The SMILES string of the molecule is C=CCCCCCCCCC=CC[Si](Cl)Cl. The van der Waals surface area contributed by atoms with Gasteiger partial charge in [-0.3, -0.25) is 0 Å². The first-order valence-electron chi connectivity index (χ1n) is 6.20. The van der Waals surface area contributed by atoms with Gasteiger partial charge in [0.1, 0.15) is 0 Å². The largest absolute Gasteiger partial charge is 0.277 e. The molecule has 16 heavy (non-hydrogen) atoms. The molecule has 3 heteroatoms. The lowest BCUT2D eigenvalue weighted by Gasteiger charge is -1.99. The van der Waals surface area contributed by atoms with E-state index >= 15 is 0 Å². The van der Waals surface area contributed by atoms with Crippen molar-refractivity contribution in [3.05, 3.63) is 24.8 Å². The summed E-state index contributed by atoms with van der Waals surface area (Å²) in [6.07, 6.45) is 16.7. The maximum absolute atomic E-state index is 5.71. The Bertz CT molecular complexity index is 179. The summed E-state index contributed by atoms with van der Waals surface area (Å²) in [6.45, 7) is 3.72. The average Bonchev–Trinajstić information content (AvgIpc) is 2.25. The molecule has 0 amide bonds. The van der Waals surface area contributed by atoms with Crippen molar-refractivity contribution in [2.75, 3.05) is 0 Å². The Hall–Kier alpha value is 0.277. The molecule has 0 spiro atoms. The van der Waals surface area contributed by atoms with Crippen LogP contribution in [0, 0.1) is 0 Å². The molecule has 0 aromatic heterocycles. The first-order valence-corrected chi connectivity index (χ1v) is 9.93. The van der Waals surface area contributed by atoms with Crippen LogP contribution < -0.4 is 0 Å². The number of rotatable bonds is 11. The predicted molar refractivity (Wildman–Crippen MR) is 78.5 cm³/mol. The third kappa shape index (κ3) is 14.3. The van der Waals surface area contributed by atoms with Crippen LogP contribution in [0.15, 0.2) is 24.8 Å². The van der Waals surface area contributed by atoms with Crippen molar-refractivity contribution in [2.24, 2.45) is 0 Å². The number of hydrogen-bond donors (Lipinski definition) is 0. The zero-order valence-corrected chi connectivity index (χ0v) is 12.6. The number of unbranched alkanes of at least 4 members (excludes halogenated alkanes) is 7.